The normalized spacial score (nSPS) is 11.3. The summed E-state index contributed by atoms with van der Waals surface area (Å²) in [5.74, 6) is 0.281. The van der Waals surface area contributed by atoms with Gasteiger partial charge in [0.15, 0.2) is 0 Å². The Kier molecular flexibility index (Phi) is 8.95. The van der Waals surface area contributed by atoms with Crippen molar-refractivity contribution in [1.29, 1.82) is 0 Å². The second kappa shape index (κ2) is 10.7. The largest absolute Gasteiger partial charge is 0.489 e. The van der Waals surface area contributed by atoms with Crippen LogP contribution in [0.25, 0.3) is 0 Å². The fourth-order valence-corrected chi connectivity index (χ4v) is 2.26. The minimum atomic E-state index is -0.455. The fraction of sp³-hybridized carbons (Fsp3) is 0.316. The summed E-state index contributed by atoms with van der Waals surface area (Å²) in [6, 6.07) is 13.3. The van der Waals surface area contributed by atoms with Crippen LogP contribution in [0.1, 0.15) is 30.9 Å². The van der Waals surface area contributed by atoms with Crippen LogP contribution in [0.3, 0.4) is 0 Å². The molecule has 136 valence electrons. The highest BCUT2D eigenvalue weighted by Crippen LogP contribution is 2.14. The molecule has 0 spiro atoms. The van der Waals surface area contributed by atoms with Crippen LogP contribution in [0.4, 0.5) is 4.39 Å². The van der Waals surface area contributed by atoms with E-state index in [-0.39, 0.29) is 24.1 Å². The first-order valence-corrected chi connectivity index (χ1v) is 8.08. The fourth-order valence-electron chi connectivity index (χ4n) is 2.26. The molecule has 3 N–H and O–H groups in total. The zero-order valence-corrected chi connectivity index (χ0v) is 15.0. The molecule has 0 aromatic heterocycles. The molecule has 0 saturated carbocycles. The molecule has 0 fully saturated rings. The minimum Gasteiger partial charge on any atom is -0.489 e. The zero-order valence-electron chi connectivity index (χ0n) is 14.2. The van der Waals surface area contributed by atoms with Gasteiger partial charge in [0.25, 0.3) is 0 Å². The van der Waals surface area contributed by atoms with E-state index in [0.29, 0.717) is 25.3 Å². The zero-order chi connectivity index (χ0) is 17.4. The van der Waals surface area contributed by atoms with Gasteiger partial charge in [-0.25, -0.2) is 4.39 Å². The van der Waals surface area contributed by atoms with E-state index in [4.69, 9.17) is 10.5 Å². The summed E-state index contributed by atoms with van der Waals surface area (Å²) in [7, 11) is 0. The smallest absolute Gasteiger partial charge is 0.237 e. The van der Waals surface area contributed by atoms with Gasteiger partial charge in [-0.05, 0) is 41.8 Å². The Labute approximate surface area is 154 Å². The number of hydrogen-bond donors (Lipinski definition) is 2. The van der Waals surface area contributed by atoms with Gasteiger partial charge < -0.3 is 15.8 Å². The number of amides is 1. The van der Waals surface area contributed by atoms with Crippen molar-refractivity contribution in [2.75, 3.05) is 0 Å². The third-order valence-electron chi connectivity index (χ3n) is 3.62. The summed E-state index contributed by atoms with van der Waals surface area (Å²) in [6.45, 7) is 2.73. The molecule has 6 heteroatoms. The van der Waals surface area contributed by atoms with Gasteiger partial charge in [0, 0.05) is 6.54 Å². The number of hydrogen-bond acceptors (Lipinski definition) is 3. The molecule has 2 aromatic rings. The number of carbonyl (C=O) groups is 1. The number of carbonyl (C=O) groups excluding carboxylic acids is 1. The molecule has 0 radical (unpaired) electrons. The maximum absolute atomic E-state index is 13.1. The van der Waals surface area contributed by atoms with Crippen LogP contribution >= 0.6 is 12.4 Å². The van der Waals surface area contributed by atoms with Crippen LogP contribution in [0, 0.1) is 5.82 Å². The summed E-state index contributed by atoms with van der Waals surface area (Å²) in [4.78, 5) is 11.8. The molecule has 1 atom stereocenters. The van der Waals surface area contributed by atoms with Crippen molar-refractivity contribution in [2.45, 2.75) is 39.0 Å². The van der Waals surface area contributed by atoms with Crippen LogP contribution in [0.15, 0.2) is 48.5 Å². The standard InChI is InChI=1S/C19H23FN2O2.ClH/c1-2-4-18(21)19(23)22-12-14-7-9-17(10-8-14)24-13-15-5-3-6-16(20)11-15;/h3,5-11,18H,2,4,12-13,21H2,1H3,(H,22,23);1H. The minimum absolute atomic E-state index is 0. The summed E-state index contributed by atoms with van der Waals surface area (Å²) in [5, 5.41) is 2.82. The van der Waals surface area contributed by atoms with E-state index in [0.717, 1.165) is 17.5 Å². The van der Waals surface area contributed by atoms with Gasteiger partial charge in [-0.2, -0.15) is 0 Å². The number of nitrogens with two attached hydrogens (primary N) is 1. The van der Waals surface area contributed by atoms with Crippen molar-refractivity contribution < 1.29 is 13.9 Å². The van der Waals surface area contributed by atoms with E-state index < -0.39 is 6.04 Å². The highest BCUT2D eigenvalue weighted by molar-refractivity contribution is 5.85. The molecule has 2 rings (SSSR count). The van der Waals surface area contributed by atoms with Crippen LogP contribution in [-0.2, 0) is 17.9 Å². The van der Waals surface area contributed by atoms with Crippen LogP contribution in [-0.4, -0.2) is 11.9 Å². The second-order valence-electron chi connectivity index (χ2n) is 5.68. The molecule has 0 saturated heterocycles. The predicted molar refractivity (Wildman–Crippen MR) is 99.2 cm³/mol. The third-order valence-corrected chi connectivity index (χ3v) is 3.62. The number of ether oxygens (including phenoxy) is 1. The molecular formula is C19H24ClFN2O2. The van der Waals surface area contributed by atoms with Crippen molar-refractivity contribution in [3.8, 4) is 5.75 Å². The van der Waals surface area contributed by atoms with E-state index in [1.165, 1.54) is 12.1 Å². The summed E-state index contributed by atoms with van der Waals surface area (Å²) in [6.07, 6.45) is 1.56. The Hall–Kier alpha value is -2.11. The number of rotatable bonds is 8. The van der Waals surface area contributed by atoms with Crippen LogP contribution in [0.5, 0.6) is 5.75 Å². The average Bonchev–Trinajstić information content (AvgIpc) is 2.59. The van der Waals surface area contributed by atoms with Gasteiger partial charge in [-0.15, -0.1) is 12.4 Å². The highest BCUT2D eigenvalue weighted by atomic mass is 35.5. The molecule has 0 bridgehead atoms. The first kappa shape index (κ1) is 20.9. The molecule has 4 nitrogen and oxygen atoms in total. The summed E-state index contributed by atoms with van der Waals surface area (Å²) >= 11 is 0. The van der Waals surface area contributed by atoms with E-state index in [9.17, 15) is 9.18 Å². The molecule has 1 amide bonds. The van der Waals surface area contributed by atoms with Gasteiger partial charge in [0.1, 0.15) is 18.2 Å². The molecule has 0 aliphatic rings. The Balaban J connectivity index is 0.00000312. The van der Waals surface area contributed by atoms with Crippen molar-refractivity contribution in [2.24, 2.45) is 5.73 Å². The molecule has 0 heterocycles. The highest BCUT2D eigenvalue weighted by Gasteiger charge is 2.11. The van der Waals surface area contributed by atoms with Crippen molar-refractivity contribution in [1.82, 2.24) is 5.32 Å². The van der Waals surface area contributed by atoms with Gasteiger partial charge in [-0.3, -0.25) is 4.79 Å². The third kappa shape index (κ3) is 7.11. The lowest BCUT2D eigenvalue weighted by Crippen LogP contribution is -2.40. The Morgan fingerprint density at radius 1 is 1.20 bits per heavy atom. The first-order chi connectivity index (χ1) is 11.6. The van der Waals surface area contributed by atoms with Gasteiger partial charge in [0.05, 0.1) is 6.04 Å². The SMILES string of the molecule is CCCC(N)C(=O)NCc1ccc(OCc2cccc(F)c2)cc1.Cl. The maximum atomic E-state index is 13.1. The topological polar surface area (TPSA) is 64.4 Å². The monoisotopic (exact) mass is 366 g/mol. The van der Waals surface area contributed by atoms with Crippen LogP contribution < -0.4 is 15.8 Å². The lowest BCUT2D eigenvalue weighted by Gasteiger charge is -2.11. The van der Waals surface area contributed by atoms with Gasteiger partial charge >= 0.3 is 0 Å². The molecular weight excluding hydrogens is 343 g/mol. The quantitative estimate of drug-likeness (QED) is 0.750. The summed E-state index contributed by atoms with van der Waals surface area (Å²) in [5.41, 5.74) is 7.50. The first-order valence-electron chi connectivity index (χ1n) is 8.08. The average molecular weight is 367 g/mol. The molecule has 0 aliphatic carbocycles. The molecule has 25 heavy (non-hydrogen) atoms. The van der Waals surface area contributed by atoms with Crippen molar-refractivity contribution >= 4 is 18.3 Å². The Morgan fingerprint density at radius 2 is 1.92 bits per heavy atom. The van der Waals surface area contributed by atoms with E-state index in [2.05, 4.69) is 5.32 Å². The van der Waals surface area contributed by atoms with E-state index in [1.807, 2.05) is 37.3 Å². The number of nitrogens with one attached hydrogen (secondary N) is 1. The molecule has 0 aliphatic heterocycles. The lowest BCUT2D eigenvalue weighted by atomic mass is 10.1. The van der Waals surface area contributed by atoms with Crippen molar-refractivity contribution in [3.05, 3.63) is 65.5 Å². The van der Waals surface area contributed by atoms with Gasteiger partial charge in [0.2, 0.25) is 5.91 Å². The van der Waals surface area contributed by atoms with Crippen molar-refractivity contribution in [3.63, 3.8) is 0 Å². The predicted octanol–water partition coefficient (Wildman–Crippen LogP) is 3.57. The molecule has 1 unspecified atom stereocenters. The van der Waals surface area contributed by atoms with Gasteiger partial charge in [-0.1, -0.05) is 37.6 Å². The Morgan fingerprint density at radius 3 is 2.56 bits per heavy atom. The maximum Gasteiger partial charge on any atom is 0.237 e. The Bertz CT molecular complexity index is 665. The van der Waals surface area contributed by atoms with Crippen LogP contribution in [0.2, 0.25) is 0 Å². The lowest BCUT2D eigenvalue weighted by molar-refractivity contribution is -0.122. The molecule has 2 aromatic carbocycles. The van der Waals surface area contributed by atoms with E-state index in [1.54, 1.807) is 6.07 Å². The number of benzene rings is 2. The van der Waals surface area contributed by atoms with E-state index >= 15 is 0 Å². The summed E-state index contributed by atoms with van der Waals surface area (Å²) < 4.78 is 18.7. The second-order valence-corrected chi connectivity index (χ2v) is 5.68. The number of halogens is 2.